The van der Waals surface area contributed by atoms with Crippen molar-refractivity contribution in [1.29, 1.82) is 0 Å². The maximum Gasteiger partial charge on any atom is 0.261 e. The first-order chi connectivity index (χ1) is 14.5. The van der Waals surface area contributed by atoms with Crippen LogP contribution in [0.2, 0.25) is 0 Å². The van der Waals surface area contributed by atoms with Gasteiger partial charge in [-0.1, -0.05) is 31.5 Å². The second-order valence-electron chi connectivity index (χ2n) is 7.40. The molecule has 0 aliphatic heterocycles. The first-order valence-electron chi connectivity index (χ1n) is 10.2. The third kappa shape index (κ3) is 6.03. The van der Waals surface area contributed by atoms with E-state index in [1.165, 1.54) is 0 Å². The number of ether oxygens (including phenoxy) is 1. The molecule has 0 bridgehead atoms. The average molecular weight is 426 g/mol. The number of anilines is 2. The quantitative estimate of drug-likeness (QED) is 0.424. The summed E-state index contributed by atoms with van der Waals surface area (Å²) < 4.78 is 5.72. The van der Waals surface area contributed by atoms with Crippen LogP contribution in [-0.2, 0) is 4.79 Å². The normalized spacial score (nSPS) is 12.7. The molecule has 7 heteroatoms. The Morgan fingerprint density at radius 3 is 2.63 bits per heavy atom. The number of unbranched alkanes of at least 4 members (excludes halogenated alkanes) is 1. The number of carbonyl (C=O) groups excluding carboxylic acids is 2. The molecule has 0 radical (unpaired) electrons. The Labute approximate surface area is 182 Å². The molecule has 0 unspecified atom stereocenters. The minimum atomic E-state index is -0.339. The van der Waals surface area contributed by atoms with Crippen molar-refractivity contribution >= 4 is 40.5 Å². The van der Waals surface area contributed by atoms with E-state index in [1.807, 2.05) is 31.2 Å². The minimum absolute atomic E-state index is 0.0470. The van der Waals surface area contributed by atoms with E-state index in [2.05, 4.69) is 22.9 Å². The van der Waals surface area contributed by atoms with E-state index in [4.69, 9.17) is 17.0 Å². The van der Waals surface area contributed by atoms with Gasteiger partial charge in [-0.3, -0.25) is 14.9 Å². The molecule has 0 aromatic heterocycles. The number of thiocarbonyl (C=S) groups is 1. The van der Waals surface area contributed by atoms with Crippen molar-refractivity contribution in [3.63, 3.8) is 0 Å². The van der Waals surface area contributed by atoms with Crippen molar-refractivity contribution in [3.05, 3.63) is 53.6 Å². The number of amides is 2. The van der Waals surface area contributed by atoms with Gasteiger partial charge in [0.1, 0.15) is 5.75 Å². The molecule has 158 valence electrons. The van der Waals surface area contributed by atoms with Crippen molar-refractivity contribution in [2.75, 3.05) is 17.2 Å². The molecule has 0 heterocycles. The summed E-state index contributed by atoms with van der Waals surface area (Å²) in [6.07, 6.45) is 3.83. The summed E-state index contributed by atoms with van der Waals surface area (Å²) in [7, 11) is 0. The fourth-order valence-corrected chi connectivity index (χ4v) is 3.06. The number of hydrogen-bond acceptors (Lipinski definition) is 4. The lowest BCUT2D eigenvalue weighted by molar-refractivity contribution is -0.117. The lowest BCUT2D eigenvalue weighted by Crippen LogP contribution is -2.34. The summed E-state index contributed by atoms with van der Waals surface area (Å²) in [5, 5.41) is 8.83. The van der Waals surface area contributed by atoms with Gasteiger partial charge in [0.05, 0.1) is 12.2 Å². The van der Waals surface area contributed by atoms with Crippen LogP contribution in [0.5, 0.6) is 5.75 Å². The van der Waals surface area contributed by atoms with Crippen LogP contribution in [0.25, 0.3) is 0 Å². The summed E-state index contributed by atoms with van der Waals surface area (Å²) in [5.74, 6) is 0.368. The molecular weight excluding hydrogens is 398 g/mol. The van der Waals surface area contributed by atoms with Gasteiger partial charge in [0.15, 0.2) is 5.11 Å². The summed E-state index contributed by atoms with van der Waals surface area (Å²) >= 11 is 5.31. The fourth-order valence-electron chi connectivity index (χ4n) is 2.85. The van der Waals surface area contributed by atoms with Gasteiger partial charge < -0.3 is 15.4 Å². The van der Waals surface area contributed by atoms with E-state index < -0.39 is 0 Å². The van der Waals surface area contributed by atoms with E-state index in [9.17, 15) is 9.59 Å². The highest BCUT2D eigenvalue weighted by Crippen LogP contribution is 2.31. The highest BCUT2D eigenvalue weighted by atomic mass is 32.1. The minimum Gasteiger partial charge on any atom is -0.493 e. The number of aryl methyl sites for hydroxylation is 1. The number of nitrogens with one attached hydrogen (secondary N) is 3. The SMILES string of the molecule is CCCCOc1ccccc1C(=O)NC(=S)Nc1ccc(C)c(NC(=O)C2CC2)c1. The lowest BCUT2D eigenvalue weighted by atomic mass is 10.1. The van der Waals surface area contributed by atoms with Gasteiger partial charge >= 0.3 is 0 Å². The van der Waals surface area contributed by atoms with E-state index in [0.29, 0.717) is 23.6 Å². The Kier molecular flexibility index (Phi) is 7.41. The summed E-state index contributed by atoms with van der Waals surface area (Å²) in [4.78, 5) is 24.7. The van der Waals surface area contributed by atoms with Crippen molar-refractivity contribution in [2.45, 2.75) is 39.5 Å². The standard InChI is InChI=1S/C23H27N3O3S/c1-3-4-13-29-20-8-6-5-7-18(20)22(28)26-23(30)24-17-12-9-15(2)19(14-17)25-21(27)16-10-11-16/h5-9,12,14,16H,3-4,10-11,13H2,1-2H3,(H,25,27)(H2,24,26,28,30). The van der Waals surface area contributed by atoms with Crippen LogP contribution in [0.15, 0.2) is 42.5 Å². The molecule has 0 saturated heterocycles. The smallest absolute Gasteiger partial charge is 0.261 e. The zero-order valence-electron chi connectivity index (χ0n) is 17.3. The van der Waals surface area contributed by atoms with Crippen molar-refractivity contribution < 1.29 is 14.3 Å². The molecule has 6 nitrogen and oxygen atoms in total. The summed E-state index contributed by atoms with van der Waals surface area (Å²) in [6, 6.07) is 12.7. The van der Waals surface area contributed by atoms with Gasteiger partial charge in [0, 0.05) is 17.3 Å². The van der Waals surface area contributed by atoms with E-state index in [-0.39, 0.29) is 22.8 Å². The van der Waals surface area contributed by atoms with Crippen molar-refractivity contribution in [1.82, 2.24) is 5.32 Å². The molecular formula is C23H27N3O3S. The number of carbonyl (C=O) groups is 2. The van der Waals surface area contributed by atoms with Crippen LogP contribution >= 0.6 is 12.2 Å². The van der Waals surface area contributed by atoms with Gasteiger partial charge in [-0.2, -0.15) is 0 Å². The van der Waals surface area contributed by atoms with E-state index in [1.54, 1.807) is 18.2 Å². The molecule has 1 aliphatic carbocycles. The lowest BCUT2D eigenvalue weighted by Gasteiger charge is -2.14. The van der Waals surface area contributed by atoms with Crippen molar-refractivity contribution in [3.8, 4) is 5.75 Å². The molecule has 2 aromatic rings. The molecule has 0 spiro atoms. The topological polar surface area (TPSA) is 79.5 Å². The van der Waals surface area contributed by atoms with Gasteiger partial charge in [0.25, 0.3) is 5.91 Å². The molecule has 1 aliphatic rings. The van der Waals surface area contributed by atoms with Crippen LogP contribution in [0, 0.1) is 12.8 Å². The monoisotopic (exact) mass is 425 g/mol. The highest BCUT2D eigenvalue weighted by molar-refractivity contribution is 7.80. The van der Waals surface area contributed by atoms with Crippen LogP contribution in [0.1, 0.15) is 48.5 Å². The number of benzene rings is 2. The maximum atomic E-state index is 12.7. The molecule has 0 atom stereocenters. The Balaban J connectivity index is 1.61. The fraction of sp³-hybridized carbons (Fsp3) is 0.348. The highest BCUT2D eigenvalue weighted by Gasteiger charge is 2.29. The summed E-state index contributed by atoms with van der Waals surface area (Å²) in [5.41, 5.74) is 2.81. The van der Waals surface area contributed by atoms with Gasteiger partial charge in [-0.15, -0.1) is 0 Å². The van der Waals surface area contributed by atoms with Crippen LogP contribution in [-0.4, -0.2) is 23.5 Å². The summed E-state index contributed by atoms with van der Waals surface area (Å²) in [6.45, 7) is 4.57. The molecule has 3 N–H and O–H groups in total. The number of para-hydroxylation sites is 1. The second-order valence-corrected chi connectivity index (χ2v) is 7.81. The molecule has 1 fully saturated rings. The van der Waals surface area contributed by atoms with Gasteiger partial charge in [-0.05, 0) is 68.2 Å². The first-order valence-corrected chi connectivity index (χ1v) is 10.6. The second kappa shape index (κ2) is 10.2. The molecule has 1 saturated carbocycles. The van der Waals surface area contributed by atoms with Crippen LogP contribution in [0.3, 0.4) is 0 Å². The third-order valence-electron chi connectivity index (χ3n) is 4.82. The Morgan fingerprint density at radius 2 is 1.90 bits per heavy atom. The van der Waals surface area contributed by atoms with Crippen molar-refractivity contribution in [2.24, 2.45) is 5.92 Å². The Morgan fingerprint density at radius 1 is 1.13 bits per heavy atom. The zero-order chi connectivity index (χ0) is 21.5. The predicted octanol–water partition coefficient (Wildman–Crippen LogP) is 4.65. The Hall–Kier alpha value is -2.93. The molecule has 2 aromatic carbocycles. The van der Waals surface area contributed by atoms with E-state index >= 15 is 0 Å². The average Bonchev–Trinajstić information content (AvgIpc) is 3.56. The van der Waals surface area contributed by atoms with E-state index in [0.717, 1.165) is 36.9 Å². The largest absolute Gasteiger partial charge is 0.493 e. The van der Waals surface area contributed by atoms with Crippen LogP contribution in [0.4, 0.5) is 11.4 Å². The van der Waals surface area contributed by atoms with Gasteiger partial charge in [0.2, 0.25) is 5.91 Å². The number of hydrogen-bond donors (Lipinski definition) is 3. The van der Waals surface area contributed by atoms with Crippen LogP contribution < -0.4 is 20.7 Å². The number of rotatable bonds is 8. The van der Waals surface area contributed by atoms with Gasteiger partial charge in [-0.25, -0.2) is 0 Å². The zero-order valence-corrected chi connectivity index (χ0v) is 18.1. The molecule has 30 heavy (non-hydrogen) atoms. The maximum absolute atomic E-state index is 12.7. The molecule has 3 rings (SSSR count). The Bertz CT molecular complexity index is 941. The first kappa shape index (κ1) is 21.8. The molecule has 2 amide bonds. The predicted molar refractivity (Wildman–Crippen MR) is 123 cm³/mol. The third-order valence-corrected chi connectivity index (χ3v) is 5.02.